The molecule has 3 aromatic rings. The first-order valence-electron chi connectivity index (χ1n) is 12.8. The Labute approximate surface area is 228 Å². The molecule has 0 saturated carbocycles. The van der Waals surface area contributed by atoms with Crippen molar-refractivity contribution < 1.29 is 33.5 Å². The summed E-state index contributed by atoms with van der Waals surface area (Å²) in [7, 11) is 0. The van der Waals surface area contributed by atoms with Crippen LogP contribution in [0, 0.1) is 0 Å². The minimum atomic E-state index is -1.34. The van der Waals surface area contributed by atoms with Crippen LogP contribution < -0.4 is 4.90 Å². The van der Waals surface area contributed by atoms with Crippen molar-refractivity contribution >= 4 is 41.2 Å². The smallest absolute Gasteiger partial charge is 0.304 e. The van der Waals surface area contributed by atoms with Gasteiger partial charge in [0.25, 0.3) is 23.6 Å². The third-order valence-electron chi connectivity index (χ3n) is 7.36. The summed E-state index contributed by atoms with van der Waals surface area (Å²) in [6.45, 7) is 1.09. The number of carbonyl (C=O) groups excluding carboxylic acids is 6. The first-order chi connectivity index (χ1) is 19.3. The van der Waals surface area contributed by atoms with Gasteiger partial charge in [-0.2, -0.15) is 0 Å². The van der Waals surface area contributed by atoms with Crippen molar-refractivity contribution in [2.24, 2.45) is 0 Å². The summed E-state index contributed by atoms with van der Waals surface area (Å²) in [6.07, 6.45) is -0.318. The Bertz CT molecular complexity index is 1580. The molecule has 10 nitrogen and oxygen atoms in total. The lowest BCUT2D eigenvalue weighted by Gasteiger charge is -2.34. The maximum absolute atomic E-state index is 13.5. The SMILES string of the molecule is CC(=O)OC(c1cccc2c1CCCN2C(=O)CN1C(=O)c2ccccc2C1=O)N1C(=O)c2ccccc2C1=O. The minimum absolute atomic E-state index is 0.215. The molecule has 6 rings (SSSR count). The molecule has 200 valence electrons. The highest BCUT2D eigenvalue weighted by atomic mass is 16.6. The minimum Gasteiger partial charge on any atom is -0.437 e. The van der Waals surface area contributed by atoms with E-state index in [1.807, 2.05) is 0 Å². The number of nitrogens with zero attached hydrogens (tertiary/aromatic N) is 3. The molecular formula is C30H23N3O7. The van der Waals surface area contributed by atoms with E-state index in [0.717, 1.165) is 9.80 Å². The van der Waals surface area contributed by atoms with Crippen LogP contribution in [0.2, 0.25) is 0 Å². The first kappa shape index (κ1) is 25.2. The number of carbonyl (C=O) groups is 6. The Morgan fingerprint density at radius 3 is 1.88 bits per heavy atom. The van der Waals surface area contributed by atoms with Gasteiger partial charge in [0.1, 0.15) is 6.54 Å². The fourth-order valence-electron chi connectivity index (χ4n) is 5.58. The van der Waals surface area contributed by atoms with Gasteiger partial charge >= 0.3 is 5.97 Å². The molecule has 0 bridgehead atoms. The van der Waals surface area contributed by atoms with Crippen LogP contribution >= 0.6 is 0 Å². The summed E-state index contributed by atoms with van der Waals surface area (Å²) in [5.41, 5.74) is 2.48. The number of anilines is 1. The second-order valence-corrected chi connectivity index (χ2v) is 9.72. The van der Waals surface area contributed by atoms with Gasteiger partial charge in [-0.05, 0) is 48.7 Å². The lowest BCUT2D eigenvalue weighted by atomic mass is 9.94. The van der Waals surface area contributed by atoms with Crippen LogP contribution in [0.1, 0.15) is 72.1 Å². The topological polar surface area (TPSA) is 121 Å². The lowest BCUT2D eigenvalue weighted by molar-refractivity contribution is -0.152. The molecule has 3 aromatic carbocycles. The van der Waals surface area contributed by atoms with E-state index >= 15 is 0 Å². The maximum atomic E-state index is 13.5. The Kier molecular flexibility index (Phi) is 6.02. The lowest BCUT2D eigenvalue weighted by Crippen LogP contribution is -2.45. The number of esters is 1. The highest BCUT2D eigenvalue weighted by Crippen LogP contribution is 2.39. The summed E-state index contributed by atoms with van der Waals surface area (Å²) in [6, 6.07) is 17.8. The molecule has 40 heavy (non-hydrogen) atoms. The van der Waals surface area contributed by atoms with Crippen LogP contribution in [-0.4, -0.2) is 58.4 Å². The Morgan fingerprint density at radius 2 is 1.32 bits per heavy atom. The Morgan fingerprint density at radius 1 is 0.775 bits per heavy atom. The van der Waals surface area contributed by atoms with Crippen LogP contribution in [0.25, 0.3) is 0 Å². The molecule has 0 saturated heterocycles. The average molecular weight is 538 g/mol. The maximum Gasteiger partial charge on any atom is 0.304 e. The van der Waals surface area contributed by atoms with E-state index in [1.54, 1.807) is 66.7 Å². The number of benzene rings is 3. The summed E-state index contributed by atoms with van der Waals surface area (Å²) in [5, 5.41) is 0. The summed E-state index contributed by atoms with van der Waals surface area (Å²) in [5.74, 6) is -3.37. The van der Waals surface area contributed by atoms with Gasteiger partial charge in [0.05, 0.1) is 22.3 Å². The van der Waals surface area contributed by atoms with Crippen molar-refractivity contribution in [3.05, 3.63) is 100 Å². The highest BCUT2D eigenvalue weighted by molar-refractivity contribution is 6.23. The molecule has 0 N–H and O–H groups in total. The Hall–Kier alpha value is -5.12. The molecule has 10 heteroatoms. The van der Waals surface area contributed by atoms with E-state index < -0.39 is 48.3 Å². The zero-order valence-electron chi connectivity index (χ0n) is 21.5. The standard InChI is InChI=1S/C30H23N3O7/c1-17(34)40-30(33-28(38)21-10-4-5-11-22(21)29(33)39)23-12-6-14-24-18(23)13-7-15-31(24)25(35)16-32-26(36)19-8-2-3-9-20(19)27(32)37/h2-6,8-12,14,30H,7,13,15-16H2,1H3. The third kappa shape index (κ3) is 3.87. The second-order valence-electron chi connectivity index (χ2n) is 9.72. The van der Waals surface area contributed by atoms with Crippen molar-refractivity contribution in [1.29, 1.82) is 0 Å². The zero-order valence-corrected chi connectivity index (χ0v) is 21.5. The number of hydrogen-bond acceptors (Lipinski definition) is 7. The van der Waals surface area contributed by atoms with Crippen LogP contribution in [0.5, 0.6) is 0 Å². The van der Waals surface area contributed by atoms with Crippen LogP contribution in [-0.2, 0) is 20.7 Å². The summed E-state index contributed by atoms with van der Waals surface area (Å²) in [4.78, 5) is 81.2. The summed E-state index contributed by atoms with van der Waals surface area (Å²) < 4.78 is 5.57. The molecule has 0 fully saturated rings. The van der Waals surface area contributed by atoms with Gasteiger partial charge in [0, 0.05) is 24.7 Å². The average Bonchev–Trinajstić information content (AvgIpc) is 3.35. The number of imide groups is 2. The van der Waals surface area contributed by atoms with E-state index in [0.29, 0.717) is 36.2 Å². The van der Waals surface area contributed by atoms with Gasteiger partial charge in [0.15, 0.2) is 0 Å². The predicted octanol–water partition coefficient (Wildman–Crippen LogP) is 3.12. The predicted molar refractivity (Wildman–Crippen MR) is 140 cm³/mol. The van der Waals surface area contributed by atoms with Crippen molar-refractivity contribution in [3.63, 3.8) is 0 Å². The van der Waals surface area contributed by atoms with Crippen molar-refractivity contribution in [2.45, 2.75) is 26.0 Å². The molecule has 0 aromatic heterocycles. The molecule has 3 aliphatic rings. The van der Waals surface area contributed by atoms with E-state index in [-0.39, 0.29) is 22.3 Å². The van der Waals surface area contributed by atoms with Crippen LogP contribution in [0.15, 0.2) is 66.7 Å². The molecule has 3 heterocycles. The normalized spacial score (nSPS) is 16.6. The van der Waals surface area contributed by atoms with E-state index in [1.165, 1.54) is 11.8 Å². The molecule has 0 radical (unpaired) electrons. The quantitative estimate of drug-likeness (QED) is 0.362. The van der Waals surface area contributed by atoms with Gasteiger partial charge in [-0.15, -0.1) is 0 Å². The molecule has 0 aliphatic carbocycles. The zero-order chi connectivity index (χ0) is 28.1. The Balaban J connectivity index is 1.33. The van der Waals surface area contributed by atoms with Gasteiger partial charge in [-0.25, -0.2) is 4.90 Å². The van der Waals surface area contributed by atoms with Crippen LogP contribution in [0.3, 0.4) is 0 Å². The van der Waals surface area contributed by atoms with E-state index in [9.17, 15) is 28.8 Å². The fraction of sp³-hybridized carbons (Fsp3) is 0.200. The number of amides is 5. The van der Waals surface area contributed by atoms with E-state index in [2.05, 4.69) is 0 Å². The van der Waals surface area contributed by atoms with Crippen LogP contribution in [0.4, 0.5) is 5.69 Å². The molecule has 1 atom stereocenters. The van der Waals surface area contributed by atoms with E-state index in [4.69, 9.17) is 4.74 Å². The van der Waals surface area contributed by atoms with Crippen molar-refractivity contribution in [1.82, 2.24) is 9.80 Å². The number of hydrogen-bond donors (Lipinski definition) is 0. The molecule has 0 spiro atoms. The fourth-order valence-corrected chi connectivity index (χ4v) is 5.58. The van der Waals surface area contributed by atoms with Gasteiger partial charge in [-0.3, -0.25) is 33.7 Å². The van der Waals surface area contributed by atoms with Gasteiger partial charge in [0.2, 0.25) is 12.1 Å². The largest absolute Gasteiger partial charge is 0.437 e. The monoisotopic (exact) mass is 537 g/mol. The molecule has 1 unspecified atom stereocenters. The second kappa shape index (κ2) is 9.57. The first-order valence-corrected chi connectivity index (χ1v) is 12.8. The van der Waals surface area contributed by atoms with Gasteiger partial charge in [-0.1, -0.05) is 36.4 Å². The van der Waals surface area contributed by atoms with Crippen molar-refractivity contribution in [2.75, 3.05) is 18.0 Å². The molecule has 5 amide bonds. The van der Waals surface area contributed by atoms with Crippen molar-refractivity contribution in [3.8, 4) is 0 Å². The molecule has 3 aliphatic heterocycles. The number of fused-ring (bicyclic) bond motifs is 3. The third-order valence-corrected chi connectivity index (χ3v) is 7.36. The van der Waals surface area contributed by atoms with Gasteiger partial charge < -0.3 is 9.64 Å². The number of rotatable bonds is 5. The highest BCUT2D eigenvalue weighted by Gasteiger charge is 2.44. The number of ether oxygens (including phenoxy) is 1. The molecular weight excluding hydrogens is 514 g/mol. The summed E-state index contributed by atoms with van der Waals surface area (Å²) >= 11 is 0.